The minimum atomic E-state index is -0.736. The maximum Gasteiger partial charge on any atom is 0.257 e. The number of carbonyl (C=O) groups excluding carboxylic acids is 1. The monoisotopic (exact) mass is 497 g/mol. The highest BCUT2D eigenvalue weighted by atomic mass is 32.2. The summed E-state index contributed by atoms with van der Waals surface area (Å²) in [7, 11) is 0. The number of hydrogen-bond donors (Lipinski definition) is 2. The average molecular weight is 498 g/mol. The molecule has 2 saturated heterocycles. The molecule has 0 aliphatic carbocycles. The van der Waals surface area contributed by atoms with Gasteiger partial charge >= 0.3 is 0 Å². The molecule has 2 aliphatic rings. The minimum Gasteiger partial charge on any atom is -0.464 e. The Bertz CT molecular complexity index is 1320. The number of nitrogens with one attached hydrogen (secondary N) is 2. The molecular formula is C26H28FN3O4S. The van der Waals surface area contributed by atoms with Gasteiger partial charge in [-0.2, -0.15) is 11.8 Å². The Morgan fingerprint density at radius 1 is 1.14 bits per heavy atom. The normalized spacial score (nSPS) is 20.9. The van der Waals surface area contributed by atoms with Crippen LogP contribution in [-0.2, 0) is 0 Å². The van der Waals surface area contributed by atoms with Crippen molar-refractivity contribution in [2.75, 3.05) is 22.9 Å². The number of halogens is 1. The summed E-state index contributed by atoms with van der Waals surface area (Å²) in [6.07, 6.45) is 3.79. The van der Waals surface area contributed by atoms with E-state index in [1.807, 2.05) is 26.0 Å². The SMILES string of the molecule is Cc1ccc(C(Nc2c(Nc3cccc(C(=O)N4CCC[C@@H]4C)c3F)c(=O)c2=O)C2CCCS2)o1. The molecule has 5 rings (SSSR count). The predicted octanol–water partition coefficient (Wildman–Crippen LogP) is 4.74. The quantitative estimate of drug-likeness (QED) is 0.456. The number of anilines is 3. The number of hydrogen-bond acceptors (Lipinski definition) is 7. The van der Waals surface area contributed by atoms with Crippen molar-refractivity contribution in [3.63, 3.8) is 0 Å². The molecule has 0 spiro atoms. The zero-order valence-electron chi connectivity index (χ0n) is 19.7. The van der Waals surface area contributed by atoms with Crippen LogP contribution in [0.5, 0.6) is 0 Å². The summed E-state index contributed by atoms with van der Waals surface area (Å²) >= 11 is 1.79. The highest BCUT2D eigenvalue weighted by Gasteiger charge is 2.33. The minimum absolute atomic E-state index is 0.00399. The summed E-state index contributed by atoms with van der Waals surface area (Å²) in [5.74, 6) is 1.36. The van der Waals surface area contributed by atoms with Crippen LogP contribution in [0, 0.1) is 12.7 Å². The molecular weight excluding hydrogens is 469 g/mol. The lowest BCUT2D eigenvalue weighted by atomic mass is 10.0. The number of amides is 1. The number of likely N-dealkylation sites (tertiary alicyclic amines) is 1. The van der Waals surface area contributed by atoms with Crippen molar-refractivity contribution in [3.8, 4) is 0 Å². The van der Waals surface area contributed by atoms with E-state index in [1.54, 1.807) is 22.7 Å². The summed E-state index contributed by atoms with van der Waals surface area (Å²) in [5.41, 5.74) is -1.32. The number of rotatable bonds is 7. The molecule has 0 saturated carbocycles. The standard InChI is InChI=1S/C26H28FN3O4S/c1-14-6-4-12-30(14)26(33)16-7-3-8-17(20(16)27)28-22-23(25(32)24(22)31)29-21(19-9-5-13-35-19)18-11-10-15(2)34-18/h3,7-8,10-11,14,19,21,28-29H,4-6,9,12-13H2,1-2H3/t14-,19?,21?/m0/s1. The molecule has 2 N–H and O–H groups in total. The fraction of sp³-hybridized carbons (Fsp3) is 0.423. The van der Waals surface area contributed by atoms with E-state index in [1.165, 1.54) is 12.1 Å². The molecule has 2 fully saturated rings. The smallest absolute Gasteiger partial charge is 0.257 e. The van der Waals surface area contributed by atoms with Gasteiger partial charge in [0.25, 0.3) is 16.8 Å². The van der Waals surface area contributed by atoms with Crippen LogP contribution in [0.25, 0.3) is 0 Å². The van der Waals surface area contributed by atoms with Crippen molar-refractivity contribution in [2.24, 2.45) is 0 Å². The van der Waals surface area contributed by atoms with E-state index in [2.05, 4.69) is 10.6 Å². The van der Waals surface area contributed by atoms with Crippen molar-refractivity contribution >= 4 is 34.7 Å². The van der Waals surface area contributed by atoms with E-state index < -0.39 is 16.7 Å². The molecule has 0 bridgehead atoms. The van der Waals surface area contributed by atoms with E-state index >= 15 is 4.39 Å². The van der Waals surface area contributed by atoms with Crippen LogP contribution in [0.1, 0.15) is 60.5 Å². The van der Waals surface area contributed by atoms with Crippen LogP contribution >= 0.6 is 11.8 Å². The third kappa shape index (κ3) is 4.37. The molecule has 3 aromatic rings. The lowest BCUT2D eigenvalue weighted by Crippen LogP contribution is -2.39. The summed E-state index contributed by atoms with van der Waals surface area (Å²) in [4.78, 5) is 39.6. The number of aryl methyl sites for hydroxylation is 1. The molecule has 3 heterocycles. The van der Waals surface area contributed by atoms with Crippen molar-refractivity contribution in [2.45, 2.75) is 56.9 Å². The summed E-state index contributed by atoms with van der Waals surface area (Å²) < 4.78 is 21.2. The number of nitrogens with zero attached hydrogens (tertiary/aromatic N) is 1. The Morgan fingerprint density at radius 3 is 2.60 bits per heavy atom. The van der Waals surface area contributed by atoms with Crippen LogP contribution in [0.3, 0.4) is 0 Å². The van der Waals surface area contributed by atoms with E-state index in [4.69, 9.17) is 4.42 Å². The first-order valence-electron chi connectivity index (χ1n) is 12.0. The third-order valence-electron chi connectivity index (χ3n) is 6.92. The van der Waals surface area contributed by atoms with Crippen molar-refractivity contribution < 1.29 is 13.6 Å². The Hall–Kier alpha value is -3.07. The number of furan rings is 1. The first-order chi connectivity index (χ1) is 16.8. The highest BCUT2D eigenvalue weighted by Crippen LogP contribution is 2.39. The van der Waals surface area contributed by atoms with E-state index in [0.29, 0.717) is 12.3 Å². The molecule has 2 aliphatic heterocycles. The molecule has 1 aromatic heterocycles. The third-order valence-corrected chi connectivity index (χ3v) is 8.38. The van der Waals surface area contributed by atoms with Gasteiger partial charge in [0, 0.05) is 17.8 Å². The zero-order chi connectivity index (χ0) is 24.7. The zero-order valence-corrected chi connectivity index (χ0v) is 20.5. The van der Waals surface area contributed by atoms with Gasteiger partial charge in [0.2, 0.25) is 0 Å². The average Bonchev–Trinajstić information content (AvgIpc) is 3.62. The molecule has 7 nitrogen and oxygen atoms in total. The van der Waals surface area contributed by atoms with Crippen LogP contribution in [-0.4, -0.2) is 34.4 Å². The second-order valence-corrected chi connectivity index (χ2v) is 10.7. The van der Waals surface area contributed by atoms with E-state index in [-0.39, 0.29) is 45.9 Å². The first-order valence-corrected chi connectivity index (χ1v) is 13.0. The second kappa shape index (κ2) is 9.53. The van der Waals surface area contributed by atoms with Gasteiger partial charge < -0.3 is 20.0 Å². The fourth-order valence-electron chi connectivity index (χ4n) is 4.96. The fourth-order valence-corrected chi connectivity index (χ4v) is 6.32. The molecule has 184 valence electrons. The molecule has 2 unspecified atom stereocenters. The van der Waals surface area contributed by atoms with E-state index in [0.717, 1.165) is 37.2 Å². The van der Waals surface area contributed by atoms with Crippen molar-refractivity contribution in [1.29, 1.82) is 0 Å². The Balaban J connectivity index is 1.42. The summed E-state index contributed by atoms with van der Waals surface area (Å²) in [6, 6.07) is 7.97. The first kappa shape index (κ1) is 23.7. The number of carbonyl (C=O) groups is 1. The Morgan fingerprint density at radius 2 is 1.94 bits per heavy atom. The Kier molecular flexibility index (Phi) is 6.44. The molecule has 3 atom stereocenters. The molecule has 9 heteroatoms. The predicted molar refractivity (Wildman–Crippen MR) is 136 cm³/mol. The van der Waals surface area contributed by atoms with Crippen LogP contribution in [0.15, 0.2) is 44.3 Å². The maximum atomic E-state index is 15.4. The summed E-state index contributed by atoms with van der Waals surface area (Å²) in [5, 5.41) is 6.19. The molecule has 2 aromatic carbocycles. The second-order valence-electron chi connectivity index (χ2n) is 9.31. The van der Waals surface area contributed by atoms with Gasteiger partial charge in [-0.25, -0.2) is 4.39 Å². The largest absolute Gasteiger partial charge is 0.464 e. The lowest BCUT2D eigenvalue weighted by Gasteiger charge is -2.25. The maximum absolute atomic E-state index is 15.4. The van der Waals surface area contributed by atoms with Crippen molar-refractivity contribution in [1.82, 2.24) is 4.90 Å². The highest BCUT2D eigenvalue weighted by molar-refractivity contribution is 8.00. The van der Waals surface area contributed by atoms with Crippen LogP contribution in [0.4, 0.5) is 21.5 Å². The van der Waals surface area contributed by atoms with Gasteiger partial charge in [-0.3, -0.25) is 14.4 Å². The van der Waals surface area contributed by atoms with Gasteiger partial charge in [0.1, 0.15) is 22.9 Å². The van der Waals surface area contributed by atoms with E-state index in [9.17, 15) is 14.4 Å². The number of benzene rings is 1. The lowest BCUT2D eigenvalue weighted by molar-refractivity contribution is 0.0743. The van der Waals surface area contributed by atoms with Gasteiger partial charge in [-0.15, -0.1) is 0 Å². The van der Waals surface area contributed by atoms with Gasteiger partial charge in [-0.05, 0) is 69.5 Å². The topological polar surface area (TPSA) is 91.6 Å². The van der Waals surface area contributed by atoms with Crippen LogP contribution in [0.2, 0.25) is 0 Å². The Labute approximate surface area is 206 Å². The van der Waals surface area contributed by atoms with Gasteiger partial charge in [0.05, 0.1) is 17.3 Å². The van der Waals surface area contributed by atoms with Crippen molar-refractivity contribution in [3.05, 3.63) is 73.7 Å². The summed E-state index contributed by atoms with van der Waals surface area (Å²) in [6.45, 7) is 4.40. The number of thioether (sulfide) groups is 1. The molecule has 0 radical (unpaired) electrons. The molecule has 35 heavy (non-hydrogen) atoms. The van der Waals surface area contributed by atoms with Crippen LogP contribution < -0.4 is 21.5 Å². The van der Waals surface area contributed by atoms with Gasteiger partial charge in [0.15, 0.2) is 5.82 Å². The molecule has 1 amide bonds. The van der Waals surface area contributed by atoms with Gasteiger partial charge in [-0.1, -0.05) is 6.07 Å².